The van der Waals surface area contributed by atoms with E-state index in [0.717, 1.165) is 10.0 Å². The monoisotopic (exact) mass is 369 g/mol. The maximum absolute atomic E-state index is 10.7. The van der Waals surface area contributed by atoms with Crippen molar-refractivity contribution in [3.05, 3.63) is 35.9 Å². The zero-order chi connectivity index (χ0) is 18.3. The topological polar surface area (TPSA) is 57.2 Å². The van der Waals surface area contributed by atoms with Crippen LogP contribution in [0.5, 0.6) is 0 Å². The summed E-state index contributed by atoms with van der Waals surface area (Å²) in [6.07, 6.45) is 2.10. The number of halogens is 3. The van der Waals surface area contributed by atoms with E-state index in [1.807, 2.05) is 30.3 Å². The van der Waals surface area contributed by atoms with Crippen molar-refractivity contribution < 1.29 is 30.6 Å². The summed E-state index contributed by atoms with van der Waals surface area (Å²) in [5.74, 6) is 6.53. The van der Waals surface area contributed by atoms with Crippen LogP contribution in [0.3, 0.4) is 0 Å². The number of nitrogens with zero attached hydrogens (tertiary/aromatic N) is 1. The van der Waals surface area contributed by atoms with Gasteiger partial charge in [-0.25, -0.2) is 8.42 Å². The van der Waals surface area contributed by atoms with Crippen molar-refractivity contribution in [1.29, 1.82) is 0 Å². The van der Waals surface area contributed by atoms with Gasteiger partial charge in [0.25, 0.3) is 0 Å². The largest absolute Gasteiger partial charge is 0.741 e. The Hall–Kier alpha value is -1.21. The van der Waals surface area contributed by atoms with E-state index in [1.54, 1.807) is 11.8 Å². The number of benzene rings is 1. The Morgan fingerprint density at radius 1 is 1.17 bits per heavy atom. The van der Waals surface area contributed by atoms with Gasteiger partial charge in [0.05, 0.1) is 21.1 Å². The van der Waals surface area contributed by atoms with Gasteiger partial charge in [0.2, 0.25) is 0 Å². The second kappa shape index (κ2) is 8.59. The minimum absolute atomic E-state index is 0.324. The molecule has 0 saturated heterocycles. The fraction of sp³-hybridized carbons (Fsp3) is 0.429. The van der Waals surface area contributed by atoms with Crippen LogP contribution in [0.25, 0.3) is 0 Å². The number of quaternary nitrogens is 1. The Balaban J connectivity index is 0.000000515. The van der Waals surface area contributed by atoms with Crippen LogP contribution in [0, 0.1) is 11.8 Å². The molecular weight excluding hydrogens is 351 g/mol. The average Bonchev–Trinajstić information content (AvgIpc) is 2.37. The Bertz CT molecular complexity index is 642. The molecule has 1 rings (SSSR count). The molecule has 0 spiro atoms. The lowest BCUT2D eigenvalue weighted by molar-refractivity contribution is -0.872. The van der Waals surface area contributed by atoms with Gasteiger partial charge in [-0.1, -0.05) is 35.9 Å². The second-order valence-electron chi connectivity index (χ2n) is 5.24. The maximum Gasteiger partial charge on any atom is 0.485 e. The number of rotatable bonds is 2. The minimum Gasteiger partial charge on any atom is -0.741 e. The summed E-state index contributed by atoms with van der Waals surface area (Å²) in [5, 5.41) is 0.324. The molecule has 0 aromatic heterocycles. The van der Waals surface area contributed by atoms with Crippen molar-refractivity contribution in [2.45, 2.75) is 10.9 Å². The minimum atomic E-state index is -6.09. The molecule has 1 atom stereocenters. The molecule has 0 aliphatic rings. The van der Waals surface area contributed by atoms with Gasteiger partial charge >= 0.3 is 5.51 Å². The van der Waals surface area contributed by atoms with Crippen LogP contribution < -0.4 is 0 Å². The van der Waals surface area contributed by atoms with Crippen LogP contribution >= 0.6 is 11.8 Å². The predicted octanol–water partition coefficient (Wildman–Crippen LogP) is 2.48. The smallest absolute Gasteiger partial charge is 0.485 e. The fourth-order valence-corrected chi connectivity index (χ4v) is 2.04. The first kappa shape index (κ1) is 21.8. The molecule has 1 aromatic rings. The van der Waals surface area contributed by atoms with Gasteiger partial charge in [-0.2, -0.15) is 13.2 Å². The van der Waals surface area contributed by atoms with Crippen molar-refractivity contribution in [2.75, 3.05) is 27.4 Å². The summed E-state index contributed by atoms with van der Waals surface area (Å²) in [6.45, 7) is 0. The molecule has 0 saturated carbocycles. The first-order chi connectivity index (χ1) is 10.3. The standard InChI is InChI=1S/C13H18NS.CHF3O3S/c1-14(2,3)13(15-4)11-10-12-8-6-5-7-9-12;2-1(3,4)8(5,6)7/h5-9,13H,1-4H3;(H,5,6,7)/q+1;/p-1/t13-;/m0./s1. The van der Waals surface area contributed by atoms with E-state index in [4.69, 9.17) is 13.0 Å². The predicted molar refractivity (Wildman–Crippen MR) is 84.4 cm³/mol. The third-order valence-corrected chi connectivity index (χ3v) is 4.09. The zero-order valence-electron chi connectivity index (χ0n) is 13.1. The van der Waals surface area contributed by atoms with Crippen molar-refractivity contribution in [2.24, 2.45) is 0 Å². The Morgan fingerprint density at radius 2 is 1.61 bits per heavy atom. The lowest BCUT2D eigenvalue weighted by atomic mass is 10.2. The maximum atomic E-state index is 10.7. The van der Waals surface area contributed by atoms with E-state index in [1.165, 1.54) is 0 Å². The van der Waals surface area contributed by atoms with E-state index in [-0.39, 0.29) is 0 Å². The summed E-state index contributed by atoms with van der Waals surface area (Å²) in [6, 6.07) is 10.1. The SMILES string of the molecule is CS[C@@H](C#Cc1ccccc1)[N+](C)(C)C.O=S(=O)([O-])C(F)(F)F. The molecule has 0 fully saturated rings. The Labute approximate surface area is 139 Å². The first-order valence-electron chi connectivity index (χ1n) is 6.21. The molecule has 0 amide bonds. The highest BCUT2D eigenvalue weighted by Crippen LogP contribution is 2.20. The molecule has 9 heteroatoms. The Morgan fingerprint density at radius 3 is 1.91 bits per heavy atom. The molecule has 0 aliphatic carbocycles. The fourth-order valence-electron chi connectivity index (χ4n) is 1.24. The molecule has 0 radical (unpaired) electrons. The van der Waals surface area contributed by atoms with E-state index < -0.39 is 15.6 Å². The van der Waals surface area contributed by atoms with Gasteiger partial charge in [0, 0.05) is 5.56 Å². The number of hydrogen-bond donors (Lipinski definition) is 0. The molecular formula is C14H18F3NO3S2. The summed E-state index contributed by atoms with van der Waals surface area (Å²) in [5.41, 5.74) is -4.56. The van der Waals surface area contributed by atoms with Gasteiger partial charge in [0.15, 0.2) is 15.5 Å². The van der Waals surface area contributed by atoms with Crippen molar-refractivity contribution in [3.63, 3.8) is 0 Å². The van der Waals surface area contributed by atoms with E-state index in [0.29, 0.717) is 5.37 Å². The quantitative estimate of drug-likeness (QED) is 0.264. The summed E-state index contributed by atoms with van der Waals surface area (Å²) >= 11 is 1.79. The number of hydrogen-bond acceptors (Lipinski definition) is 4. The molecule has 4 nitrogen and oxygen atoms in total. The highest BCUT2D eigenvalue weighted by molar-refractivity contribution is 7.99. The van der Waals surface area contributed by atoms with Crippen molar-refractivity contribution in [3.8, 4) is 11.8 Å². The molecule has 0 aliphatic heterocycles. The molecule has 1 aromatic carbocycles. The molecule has 0 bridgehead atoms. The first-order valence-corrected chi connectivity index (χ1v) is 8.91. The van der Waals surface area contributed by atoms with Gasteiger partial charge in [0.1, 0.15) is 0 Å². The van der Waals surface area contributed by atoms with Crippen LogP contribution in [0.1, 0.15) is 5.56 Å². The van der Waals surface area contributed by atoms with Gasteiger partial charge in [-0.05, 0) is 24.3 Å². The summed E-state index contributed by atoms with van der Waals surface area (Å²) in [4.78, 5) is 0. The van der Waals surface area contributed by atoms with Gasteiger partial charge < -0.3 is 9.04 Å². The van der Waals surface area contributed by atoms with Crippen molar-refractivity contribution >= 4 is 21.9 Å². The molecule has 130 valence electrons. The molecule has 0 unspecified atom stereocenters. The molecule has 0 heterocycles. The van der Waals surface area contributed by atoms with Gasteiger partial charge in [-0.3, -0.25) is 0 Å². The van der Waals surface area contributed by atoms with E-state index in [9.17, 15) is 13.2 Å². The molecule has 23 heavy (non-hydrogen) atoms. The molecule has 0 N–H and O–H groups in total. The second-order valence-corrected chi connectivity index (χ2v) is 7.53. The zero-order valence-corrected chi connectivity index (χ0v) is 14.7. The Kier molecular flexibility index (Phi) is 8.14. The highest BCUT2D eigenvalue weighted by atomic mass is 32.2. The third-order valence-electron chi connectivity index (χ3n) is 2.32. The van der Waals surface area contributed by atoms with Crippen LogP contribution in [0.2, 0.25) is 0 Å². The third kappa shape index (κ3) is 8.86. The lowest BCUT2D eigenvalue weighted by Gasteiger charge is -2.28. The van der Waals surface area contributed by atoms with E-state index >= 15 is 0 Å². The van der Waals surface area contributed by atoms with Crippen LogP contribution in [-0.4, -0.2) is 55.7 Å². The van der Waals surface area contributed by atoms with Crippen LogP contribution in [0.15, 0.2) is 30.3 Å². The van der Waals surface area contributed by atoms with Gasteiger partial charge in [-0.15, -0.1) is 0 Å². The summed E-state index contributed by atoms with van der Waals surface area (Å²) < 4.78 is 59.8. The van der Waals surface area contributed by atoms with Crippen LogP contribution in [0.4, 0.5) is 13.2 Å². The lowest BCUT2D eigenvalue weighted by Crippen LogP contribution is -2.42. The number of alkyl halides is 3. The highest BCUT2D eigenvalue weighted by Gasteiger charge is 2.36. The normalized spacial score (nSPS) is 13.2. The van der Waals surface area contributed by atoms with Crippen molar-refractivity contribution in [1.82, 2.24) is 0 Å². The average molecular weight is 369 g/mol. The number of thioether (sulfide) groups is 1. The summed E-state index contributed by atoms with van der Waals surface area (Å²) in [7, 11) is 0.412. The van der Waals surface area contributed by atoms with Crippen LogP contribution in [-0.2, 0) is 10.1 Å². The van der Waals surface area contributed by atoms with E-state index in [2.05, 4.69) is 39.2 Å².